The highest BCUT2D eigenvalue weighted by atomic mass is 127. The van der Waals surface area contributed by atoms with Crippen LogP contribution in [0.1, 0.15) is 40.0 Å². The van der Waals surface area contributed by atoms with Gasteiger partial charge in [0, 0.05) is 38.8 Å². The van der Waals surface area contributed by atoms with Gasteiger partial charge < -0.3 is 15.7 Å². The molecular weight excluding hydrogens is 460 g/mol. The van der Waals surface area contributed by atoms with E-state index in [1.807, 2.05) is 6.92 Å². The fraction of sp³-hybridized carbons (Fsp3) is 0.941. The number of nitrogens with zero attached hydrogens (tertiary/aromatic N) is 2. The first kappa shape index (κ1) is 25.7. The maximum atomic E-state index is 12.5. The van der Waals surface area contributed by atoms with Crippen LogP contribution in [0.5, 0.6) is 0 Å². The predicted molar refractivity (Wildman–Crippen MR) is 110 cm³/mol. The monoisotopic (exact) mass is 494 g/mol. The number of guanidine groups is 1. The first-order chi connectivity index (χ1) is 11.7. The molecule has 2 unspecified atom stereocenters. The number of rotatable bonds is 9. The lowest BCUT2D eigenvalue weighted by molar-refractivity contribution is -0.143. The van der Waals surface area contributed by atoms with Crippen molar-refractivity contribution in [2.75, 3.05) is 39.3 Å². The summed E-state index contributed by atoms with van der Waals surface area (Å²) in [7, 11) is 0. The molecule has 1 heterocycles. The standard InChI is InChI=1S/C17H33F3N4O.HI/c1-4-21-16(22-10-14(6-8-25)9-13(2)3)23-15-5-7-24(11-15)12-17(18,19)20;/h13-15,25H,4-12H2,1-3H3,(H2,21,22,23);1H. The number of halogens is 4. The maximum Gasteiger partial charge on any atom is 0.401 e. The molecule has 0 aromatic rings. The first-order valence-corrected chi connectivity index (χ1v) is 9.18. The Kier molecular flexibility index (Phi) is 12.8. The van der Waals surface area contributed by atoms with Gasteiger partial charge in [0.15, 0.2) is 5.96 Å². The van der Waals surface area contributed by atoms with Gasteiger partial charge in [-0.15, -0.1) is 24.0 Å². The molecule has 26 heavy (non-hydrogen) atoms. The van der Waals surface area contributed by atoms with Crippen molar-refractivity contribution >= 4 is 29.9 Å². The summed E-state index contributed by atoms with van der Waals surface area (Å²) < 4.78 is 37.5. The second kappa shape index (κ2) is 13.0. The van der Waals surface area contributed by atoms with Crippen LogP contribution < -0.4 is 10.6 Å². The van der Waals surface area contributed by atoms with Crippen LogP contribution in [0.25, 0.3) is 0 Å². The second-order valence-electron chi connectivity index (χ2n) is 7.21. The molecule has 0 radical (unpaired) electrons. The summed E-state index contributed by atoms with van der Waals surface area (Å²) in [6, 6.07) is -0.0264. The van der Waals surface area contributed by atoms with Crippen LogP contribution in [0, 0.1) is 11.8 Å². The molecule has 1 fully saturated rings. The van der Waals surface area contributed by atoms with Gasteiger partial charge >= 0.3 is 6.18 Å². The van der Waals surface area contributed by atoms with E-state index < -0.39 is 12.7 Å². The summed E-state index contributed by atoms with van der Waals surface area (Å²) in [5, 5.41) is 15.6. The summed E-state index contributed by atoms with van der Waals surface area (Å²) in [5.74, 6) is 1.49. The Bertz CT molecular complexity index is 408. The Balaban J connectivity index is 0.00000625. The number of alkyl halides is 3. The molecule has 0 aliphatic carbocycles. The van der Waals surface area contributed by atoms with Gasteiger partial charge in [0.25, 0.3) is 0 Å². The van der Waals surface area contributed by atoms with Crippen LogP contribution >= 0.6 is 24.0 Å². The van der Waals surface area contributed by atoms with E-state index >= 15 is 0 Å². The zero-order valence-electron chi connectivity index (χ0n) is 16.0. The lowest BCUT2D eigenvalue weighted by atomic mass is 9.94. The number of hydrogen-bond acceptors (Lipinski definition) is 3. The Morgan fingerprint density at radius 3 is 2.58 bits per heavy atom. The van der Waals surface area contributed by atoms with Crippen LogP contribution in [0.3, 0.4) is 0 Å². The van der Waals surface area contributed by atoms with Gasteiger partial charge in [-0.3, -0.25) is 9.89 Å². The van der Waals surface area contributed by atoms with Crippen molar-refractivity contribution in [2.45, 2.75) is 52.3 Å². The van der Waals surface area contributed by atoms with Gasteiger partial charge in [-0.2, -0.15) is 13.2 Å². The molecule has 9 heteroatoms. The normalized spacial score (nSPS) is 20.2. The van der Waals surface area contributed by atoms with Crippen molar-refractivity contribution in [1.82, 2.24) is 15.5 Å². The predicted octanol–water partition coefficient (Wildman–Crippen LogP) is 2.84. The van der Waals surface area contributed by atoms with E-state index in [0.29, 0.717) is 56.8 Å². The van der Waals surface area contributed by atoms with E-state index in [0.717, 1.165) is 6.42 Å². The van der Waals surface area contributed by atoms with Gasteiger partial charge in [-0.1, -0.05) is 13.8 Å². The molecule has 1 rings (SSSR count). The van der Waals surface area contributed by atoms with Crippen LogP contribution in [0.2, 0.25) is 0 Å². The first-order valence-electron chi connectivity index (χ1n) is 9.18. The summed E-state index contributed by atoms with van der Waals surface area (Å²) in [6.07, 6.45) is -1.77. The van der Waals surface area contributed by atoms with Gasteiger partial charge in [-0.25, -0.2) is 0 Å². The zero-order valence-corrected chi connectivity index (χ0v) is 18.3. The summed E-state index contributed by atoms with van der Waals surface area (Å²) in [5.41, 5.74) is 0. The number of aliphatic hydroxyl groups excluding tert-OH is 1. The van der Waals surface area contributed by atoms with Crippen molar-refractivity contribution in [1.29, 1.82) is 0 Å². The molecule has 2 atom stereocenters. The number of nitrogens with one attached hydrogen (secondary N) is 2. The lowest BCUT2D eigenvalue weighted by Gasteiger charge is -2.21. The van der Waals surface area contributed by atoms with E-state index in [-0.39, 0.29) is 36.6 Å². The average Bonchev–Trinajstić information content (AvgIpc) is 2.89. The van der Waals surface area contributed by atoms with Gasteiger partial charge in [-0.05, 0) is 38.0 Å². The Hall–Kier alpha value is -0.290. The Labute approximate surface area is 172 Å². The van der Waals surface area contributed by atoms with Crippen molar-refractivity contribution in [3.05, 3.63) is 0 Å². The Morgan fingerprint density at radius 1 is 1.35 bits per heavy atom. The third kappa shape index (κ3) is 11.4. The van der Waals surface area contributed by atoms with Crippen molar-refractivity contribution < 1.29 is 18.3 Å². The minimum Gasteiger partial charge on any atom is -0.396 e. The highest BCUT2D eigenvalue weighted by Crippen LogP contribution is 2.20. The van der Waals surface area contributed by atoms with E-state index in [4.69, 9.17) is 0 Å². The number of aliphatic hydroxyl groups is 1. The molecule has 0 saturated carbocycles. The number of aliphatic imine (C=N–C) groups is 1. The third-order valence-corrected chi connectivity index (χ3v) is 4.21. The molecule has 1 aliphatic heterocycles. The molecule has 156 valence electrons. The molecule has 5 nitrogen and oxygen atoms in total. The molecule has 0 amide bonds. The molecule has 0 aromatic carbocycles. The van der Waals surface area contributed by atoms with Gasteiger partial charge in [0.2, 0.25) is 0 Å². The smallest absolute Gasteiger partial charge is 0.396 e. The fourth-order valence-electron chi connectivity index (χ4n) is 3.21. The SMILES string of the molecule is CCNC(=NCC(CCO)CC(C)C)NC1CCN(CC(F)(F)F)C1.I. The quantitative estimate of drug-likeness (QED) is 0.262. The van der Waals surface area contributed by atoms with Gasteiger partial charge in [0.1, 0.15) is 0 Å². The van der Waals surface area contributed by atoms with Gasteiger partial charge in [0.05, 0.1) is 6.54 Å². The summed E-state index contributed by atoms with van der Waals surface area (Å²) in [6.45, 7) is 7.65. The zero-order chi connectivity index (χ0) is 18.9. The molecule has 0 spiro atoms. The molecule has 0 aromatic heterocycles. The molecule has 1 aliphatic rings. The Morgan fingerprint density at radius 2 is 2.04 bits per heavy atom. The summed E-state index contributed by atoms with van der Waals surface area (Å²) >= 11 is 0. The van der Waals surface area contributed by atoms with Crippen molar-refractivity contribution in [3.63, 3.8) is 0 Å². The highest BCUT2D eigenvalue weighted by Gasteiger charge is 2.34. The lowest BCUT2D eigenvalue weighted by Crippen LogP contribution is -2.45. The van der Waals surface area contributed by atoms with E-state index in [1.165, 1.54) is 4.90 Å². The number of likely N-dealkylation sites (tertiary alicyclic amines) is 1. The molecule has 3 N–H and O–H groups in total. The van der Waals surface area contributed by atoms with Crippen LogP contribution in [0.4, 0.5) is 13.2 Å². The molecular formula is C17H34F3IN4O. The van der Waals surface area contributed by atoms with Crippen LogP contribution in [-0.4, -0.2) is 67.5 Å². The maximum absolute atomic E-state index is 12.5. The van der Waals surface area contributed by atoms with E-state index in [1.54, 1.807) is 0 Å². The minimum absolute atomic E-state index is 0. The molecule has 1 saturated heterocycles. The van der Waals surface area contributed by atoms with E-state index in [9.17, 15) is 18.3 Å². The minimum atomic E-state index is -4.15. The van der Waals surface area contributed by atoms with E-state index in [2.05, 4.69) is 29.5 Å². The third-order valence-electron chi connectivity index (χ3n) is 4.21. The fourth-order valence-corrected chi connectivity index (χ4v) is 3.21. The largest absolute Gasteiger partial charge is 0.401 e. The van der Waals surface area contributed by atoms with Crippen LogP contribution in [0.15, 0.2) is 4.99 Å². The molecule has 0 bridgehead atoms. The topological polar surface area (TPSA) is 59.9 Å². The summed E-state index contributed by atoms with van der Waals surface area (Å²) in [4.78, 5) is 6.02. The second-order valence-corrected chi connectivity index (χ2v) is 7.21. The highest BCUT2D eigenvalue weighted by molar-refractivity contribution is 14.0. The van der Waals surface area contributed by atoms with Crippen molar-refractivity contribution in [3.8, 4) is 0 Å². The van der Waals surface area contributed by atoms with Crippen molar-refractivity contribution in [2.24, 2.45) is 16.8 Å². The average molecular weight is 494 g/mol. The van der Waals surface area contributed by atoms with Crippen LogP contribution in [-0.2, 0) is 0 Å². The number of hydrogen-bond donors (Lipinski definition) is 3.